The molecule has 0 radical (unpaired) electrons. The fourth-order valence-corrected chi connectivity index (χ4v) is 3.40. The minimum atomic E-state index is 1.20. The van der Waals surface area contributed by atoms with Crippen LogP contribution in [0.25, 0.3) is 0 Å². The minimum absolute atomic E-state index is 1.20. The van der Waals surface area contributed by atoms with Crippen molar-refractivity contribution in [2.75, 3.05) is 0 Å². The third-order valence-corrected chi connectivity index (χ3v) is 4.17. The Bertz CT molecular complexity index is 133. The van der Waals surface area contributed by atoms with Crippen molar-refractivity contribution >= 4 is 0 Å². The molecule has 0 aromatic carbocycles. The summed E-state index contributed by atoms with van der Waals surface area (Å²) in [5.41, 5.74) is 0. The molecule has 0 bridgehead atoms. The van der Waals surface area contributed by atoms with Crippen LogP contribution in [-0.2, 0) is 0 Å². The lowest BCUT2D eigenvalue weighted by Crippen LogP contribution is -2.15. The number of hydrogen-bond donors (Lipinski definition) is 0. The molecule has 0 heterocycles. The summed E-state index contributed by atoms with van der Waals surface area (Å²) in [5.74, 6) is 4.90. The van der Waals surface area contributed by atoms with E-state index in [2.05, 4.69) is 0 Å². The fraction of sp³-hybridized carbons (Fsp3) is 1.00. The van der Waals surface area contributed by atoms with Crippen LogP contribution in [0.4, 0.5) is 0 Å². The predicted octanol–water partition coefficient (Wildman–Crippen LogP) is 2.83. The van der Waals surface area contributed by atoms with Gasteiger partial charge in [0.15, 0.2) is 0 Å². The summed E-state index contributed by atoms with van der Waals surface area (Å²) in [4.78, 5) is 0. The smallest absolute Gasteiger partial charge is 0.0324 e. The van der Waals surface area contributed by atoms with E-state index in [4.69, 9.17) is 0 Å². The Labute approximate surface area is 63.0 Å². The van der Waals surface area contributed by atoms with Crippen molar-refractivity contribution in [3.05, 3.63) is 0 Å². The monoisotopic (exact) mass is 136 g/mol. The van der Waals surface area contributed by atoms with Crippen LogP contribution in [0.1, 0.15) is 38.5 Å². The Balaban J connectivity index is 1.66. The van der Waals surface area contributed by atoms with E-state index in [0.29, 0.717) is 0 Å². The Morgan fingerprint density at radius 1 is 0.700 bits per heavy atom. The Morgan fingerprint density at radius 3 is 1.80 bits per heavy atom. The lowest BCUT2D eigenvalue weighted by atomic mass is 9.79. The molecular formula is C10H16. The summed E-state index contributed by atoms with van der Waals surface area (Å²) in [7, 11) is 0. The first-order valence-corrected chi connectivity index (χ1v) is 4.97. The van der Waals surface area contributed by atoms with Crippen LogP contribution in [0, 0.1) is 23.7 Å². The molecule has 0 N–H and O–H groups in total. The number of hydrogen-bond acceptors (Lipinski definition) is 0. The molecule has 10 heavy (non-hydrogen) atoms. The first-order chi connectivity index (χ1) is 4.97. The molecule has 0 spiro atoms. The highest BCUT2D eigenvalue weighted by molar-refractivity contribution is 5.05. The van der Waals surface area contributed by atoms with Crippen LogP contribution in [0.5, 0.6) is 0 Å². The highest BCUT2D eigenvalue weighted by atomic mass is 14.6. The maximum Gasteiger partial charge on any atom is -0.0324 e. The summed E-state index contributed by atoms with van der Waals surface area (Å²) in [5, 5.41) is 0. The third kappa shape index (κ3) is 0.580. The standard InChI is InChI=1S/C10H16/c1-3-7(4-1)10-8-5-2-6-9(8)10/h7-10H,1-6H2. The normalized spacial score (nSPS) is 52.2. The van der Waals surface area contributed by atoms with E-state index in [-0.39, 0.29) is 0 Å². The summed E-state index contributed by atoms with van der Waals surface area (Å²) >= 11 is 0. The fourth-order valence-electron chi connectivity index (χ4n) is 3.40. The van der Waals surface area contributed by atoms with Crippen LogP contribution in [0.3, 0.4) is 0 Å². The Hall–Kier alpha value is 0. The van der Waals surface area contributed by atoms with Crippen molar-refractivity contribution in [2.45, 2.75) is 38.5 Å². The van der Waals surface area contributed by atoms with Crippen LogP contribution in [0.15, 0.2) is 0 Å². The molecule has 3 aliphatic rings. The van der Waals surface area contributed by atoms with Crippen LogP contribution in [-0.4, -0.2) is 0 Å². The SMILES string of the molecule is C1CC(C2C3CCCC32)C1. The maximum absolute atomic E-state index is 1.59. The first-order valence-electron chi connectivity index (χ1n) is 4.97. The van der Waals surface area contributed by atoms with E-state index >= 15 is 0 Å². The van der Waals surface area contributed by atoms with Gasteiger partial charge in [0.25, 0.3) is 0 Å². The second-order valence-corrected chi connectivity index (χ2v) is 4.53. The van der Waals surface area contributed by atoms with E-state index in [1.165, 1.54) is 23.7 Å². The molecule has 0 aromatic heterocycles. The van der Waals surface area contributed by atoms with Crippen molar-refractivity contribution in [2.24, 2.45) is 23.7 Å². The second kappa shape index (κ2) is 1.78. The summed E-state index contributed by atoms with van der Waals surface area (Å²) in [6, 6.07) is 0. The van der Waals surface area contributed by atoms with Gasteiger partial charge in [-0.2, -0.15) is 0 Å². The van der Waals surface area contributed by atoms with E-state index in [9.17, 15) is 0 Å². The molecule has 0 aromatic rings. The van der Waals surface area contributed by atoms with Crippen molar-refractivity contribution < 1.29 is 0 Å². The van der Waals surface area contributed by atoms with E-state index in [1.54, 1.807) is 38.5 Å². The molecule has 0 heteroatoms. The number of rotatable bonds is 1. The van der Waals surface area contributed by atoms with Gasteiger partial charge in [0.2, 0.25) is 0 Å². The molecular weight excluding hydrogens is 120 g/mol. The first kappa shape index (κ1) is 5.62. The molecule has 0 aliphatic heterocycles. The molecule has 2 atom stereocenters. The average molecular weight is 136 g/mol. The largest absolute Gasteiger partial charge is 0.0528 e. The summed E-state index contributed by atoms with van der Waals surface area (Å²) < 4.78 is 0. The Morgan fingerprint density at radius 2 is 1.30 bits per heavy atom. The van der Waals surface area contributed by atoms with Gasteiger partial charge in [0, 0.05) is 0 Å². The lowest BCUT2D eigenvalue weighted by molar-refractivity contribution is 0.247. The van der Waals surface area contributed by atoms with Gasteiger partial charge in [-0.15, -0.1) is 0 Å². The third-order valence-electron chi connectivity index (χ3n) is 4.17. The number of fused-ring (bicyclic) bond motifs is 1. The van der Waals surface area contributed by atoms with Gasteiger partial charge in [-0.05, 0) is 36.5 Å². The van der Waals surface area contributed by atoms with Crippen LogP contribution < -0.4 is 0 Å². The van der Waals surface area contributed by atoms with Crippen LogP contribution >= 0.6 is 0 Å². The van der Waals surface area contributed by atoms with Gasteiger partial charge in [-0.1, -0.05) is 25.7 Å². The van der Waals surface area contributed by atoms with Crippen LogP contribution in [0.2, 0.25) is 0 Å². The molecule has 3 aliphatic carbocycles. The average Bonchev–Trinajstić information content (AvgIpc) is 2.38. The molecule has 2 unspecified atom stereocenters. The molecule has 3 rings (SSSR count). The van der Waals surface area contributed by atoms with Crippen molar-refractivity contribution in [3.8, 4) is 0 Å². The maximum atomic E-state index is 1.59. The lowest BCUT2D eigenvalue weighted by Gasteiger charge is -2.26. The summed E-state index contributed by atoms with van der Waals surface area (Å²) in [6.07, 6.45) is 9.44. The van der Waals surface area contributed by atoms with E-state index < -0.39 is 0 Å². The van der Waals surface area contributed by atoms with E-state index in [1.807, 2.05) is 0 Å². The zero-order chi connectivity index (χ0) is 6.55. The molecule has 3 fully saturated rings. The van der Waals surface area contributed by atoms with E-state index in [0.717, 1.165) is 0 Å². The van der Waals surface area contributed by atoms with Crippen molar-refractivity contribution in [3.63, 3.8) is 0 Å². The molecule has 0 amide bonds. The highest BCUT2D eigenvalue weighted by Gasteiger charge is 2.56. The molecule has 0 nitrogen and oxygen atoms in total. The second-order valence-electron chi connectivity index (χ2n) is 4.53. The topological polar surface area (TPSA) is 0 Å². The predicted molar refractivity (Wildman–Crippen MR) is 41.7 cm³/mol. The molecule has 0 saturated heterocycles. The zero-order valence-electron chi connectivity index (χ0n) is 6.55. The quantitative estimate of drug-likeness (QED) is 0.520. The zero-order valence-corrected chi connectivity index (χ0v) is 6.55. The van der Waals surface area contributed by atoms with Crippen molar-refractivity contribution in [1.29, 1.82) is 0 Å². The minimum Gasteiger partial charge on any atom is -0.0528 e. The van der Waals surface area contributed by atoms with Gasteiger partial charge < -0.3 is 0 Å². The van der Waals surface area contributed by atoms with Gasteiger partial charge >= 0.3 is 0 Å². The van der Waals surface area contributed by atoms with Crippen molar-refractivity contribution in [1.82, 2.24) is 0 Å². The van der Waals surface area contributed by atoms with Gasteiger partial charge in [-0.25, -0.2) is 0 Å². The van der Waals surface area contributed by atoms with Gasteiger partial charge in [0.1, 0.15) is 0 Å². The molecule has 3 saturated carbocycles. The van der Waals surface area contributed by atoms with Gasteiger partial charge in [-0.3, -0.25) is 0 Å². The summed E-state index contributed by atoms with van der Waals surface area (Å²) in [6.45, 7) is 0. The molecule has 56 valence electrons. The van der Waals surface area contributed by atoms with Gasteiger partial charge in [0.05, 0.1) is 0 Å². The Kier molecular flexibility index (Phi) is 1.00. The highest BCUT2D eigenvalue weighted by Crippen LogP contribution is 2.63.